The Balaban J connectivity index is 1.38. The summed E-state index contributed by atoms with van der Waals surface area (Å²) in [5.41, 5.74) is -2.72. The third-order valence-electron chi connectivity index (χ3n) is 10.1. The van der Waals surface area contributed by atoms with Crippen LogP contribution in [-0.2, 0) is 20.9 Å². The van der Waals surface area contributed by atoms with Gasteiger partial charge in [0.1, 0.15) is 17.2 Å². The van der Waals surface area contributed by atoms with Crippen molar-refractivity contribution in [3.05, 3.63) is 63.1 Å². The number of benzene rings is 1. The lowest BCUT2D eigenvalue weighted by Gasteiger charge is -2.41. The minimum atomic E-state index is -1.18. The fourth-order valence-electron chi connectivity index (χ4n) is 7.07. The molecule has 51 heavy (non-hydrogen) atoms. The number of fused-ring (bicyclic) bond motifs is 5. The molecule has 0 aliphatic carbocycles. The van der Waals surface area contributed by atoms with Crippen LogP contribution in [0.25, 0.3) is 0 Å². The van der Waals surface area contributed by atoms with Gasteiger partial charge in [0.15, 0.2) is 11.3 Å². The zero-order valence-electron chi connectivity index (χ0n) is 29.6. The summed E-state index contributed by atoms with van der Waals surface area (Å²) in [6.07, 6.45) is 12.3. The zero-order valence-corrected chi connectivity index (χ0v) is 29.6. The largest absolute Gasteiger partial charge is 0.514 e. The van der Waals surface area contributed by atoms with Gasteiger partial charge in [0.05, 0.1) is 26.2 Å². The predicted octanol–water partition coefficient (Wildman–Crippen LogP) is 6.79. The van der Waals surface area contributed by atoms with Crippen LogP contribution >= 0.6 is 0 Å². The number of nitrogens with one attached hydrogen (secondary N) is 1. The molecule has 3 aliphatic heterocycles. The first-order chi connectivity index (χ1) is 24.6. The Morgan fingerprint density at radius 1 is 1.06 bits per heavy atom. The average molecular weight is 715 g/mol. The Kier molecular flexibility index (Phi) is 12.7. The first-order valence-corrected chi connectivity index (χ1v) is 18.0. The van der Waals surface area contributed by atoms with Gasteiger partial charge in [0, 0.05) is 37.0 Å². The Bertz CT molecular complexity index is 1680. The van der Waals surface area contributed by atoms with Crippen molar-refractivity contribution in [3.63, 3.8) is 0 Å². The normalized spacial score (nSPS) is 20.7. The van der Waals surface area contributed by atoms with Crippen molar-refractivity contribution < 1.29 is 42.2 Å². The molecular formula is C37H48F2N4O8. The van der Waals surface area contributed by atoms with Crippen LogP contribution < -0.4 is 15.5 Å². The van der Waals surface area contributed by atoms with E-state index in [1.54, 1.807) is 4.90 Å². The van der Waals surface area contributed by atoms with Crippen molar-refractivity contribution in [2.45, 2.75) is 122 Å². The van der Waals surface area contributed by atoms with Crippen molar-refractivity contribution in [2.75, 3.05) is 20.3 Å². The van der Waals surface area contributed by atoms with Gasteiger partial charge in [-0.05, 0) is 32.3 Å². The zero-order chi connectivity index (χ0) is 36.5. The maximum absolute atomic E-state index is 14.4. The number of amides is 2. The van der Waals surface area contributed by atoms with Crippen molar-refractivity contribution in [1.29, 1.82) is 0 Å². The molecule has 3 atom stereocenters. The van der Waals surface area contributed by atoms with E-state index in [2.05, 4.69) is 17.4 Å². The van der Waals surface area contributed by atoms with E-state index in [0.29, 0.717) is 31.2 Å². The van der Waals surface area contributed by atoms with E-state index in [4.69, 9.17) is 19.0 Å². The van der Waals surface area contributed by atoms with Crippen LogP contribution in [0.5, 0.6) is 5.75 Å². The number of carbonyl (C=O) groups excluding carboxylic acids is 3. The molecule has 0 unspecified atom stereocenters. The molecule has 1 aromatic carbocycles. The summed E-state index contributed by atoms with van der Waals surface area (Å²) in [6, 6.07) is 1.98. The molecule has 1 spiro atoms. The molecule has 3 aliphatic rings. The fraction of sp³-hybridized carbons (Fsp3) is 0.595. The number of carbonyl (C=O) groups is 3. The molecule has 1 aromatic heterocycles. The summed E-state index contributed by atoms with van der Waals surface area (Å²) in [4.78, 5) is 62.2. The van der Waals surface area contributed by atoms with Crippen LogP contribution in [0.2, 0.25) is 0 Å². The highest BCUT2D eigenvalue weighted by Gasteiger charge is 2.55. The van der Waals surface area contributed by atoms with Crippen LogP contribution in [-0.4, -0.2) is 65.2 Å². The third kappa shape index (κ3) is 8.70. The number of ether oxygens (including phenoxy) is 3. The van der Waals surface area contributed by atoms with Gasteiger partial charge in [-0.3, -0.25) is 14.4 Å². The first kappa shape index (κ1) is 37.8. The second-order valence-corrected chi connectivity index (χ2v) is 13.6. The number of hydrogen-bond acceptors (Lipinski definition) is 9. The van der Waals surface area contributed by atoms with Gasteiger partial charge >= 0.3 is 6.16 Å². The van der Waals surface area contributed by atoms with Crippen molar-refractivity contribution >= 4 is 23.9 Å². The fourth-order valence-corrected chi connectivity index (χ4v) is 7.07. The minimum Gasteiger partial charge on any atom is -0.482 e. The number of methoxy groups -OCH3 is 1. The van der Waals surface area contributed by atoms with Gasteiger partial charge in [-0.2, -0.15) is 0 Å². The van der Waals surface area contributed by atoms with E-state index >= 15 is 0 Å². The third-order valence-corrected chi connectivity index (χ3v) is 10.1. The van der Waals surface area contributed by atoms with Gasteiger partial charge in [-0.1, -0.05) is 75.9 Å². The predicted molar refractivity (Wildman–Crippen MR) is 184 cm³/mol. The number of rotatable bonds is 15. The molecule has 1 fully saturated rings. The van der Waals surface area contributed by atoms with E-state index in [1.807, 2.05) is 6.92 Å². The maximum atomic E-state index is 14.4. The molecule has 4 heterocycles. The maximum Gasteiger partial charge on any atom is 0.514 e. The monoisotopic (exact) mass is 714 g/mol. The van der Waals surface area contributed by atoms with Crippen LogP contribution in [0.1, 0.15) is 130 Å². The lowest BCUT2D eigenvalue weighted by Crippen LogP contribution is -2.52. The quantitative estimate of drug-likeness (QED) is 0.157. The Hall–Kier alpha value is -4.49. The molecule has 14 heteroatoms. The van der Waals surface area contributed by atoms with Crippen LogP contribution in [0.15, 0.2) is 34.3 Å². The highest BCUT2D eigenvalue weighted by atomic mass is 19.1. The molecule has 2 bridgehead atoms. The van der Waals surface area contributed by atoms with Gasteiger partial charge < -0.3 is 33.8 Å². The summed E-state index contributed by atoms with van der Waals surface area (Å²) >= 11 is 0. The molecule has 0 saturated carbocycles. The second kappa shape index (κ2) is 17.1. The summed E-state index contributed by atoms with van der Waals surface area (Å²) in [5, 5.41) is 6.60. The van der Waals surface area contributed by atoms with Crippen molar-refractivity contribution in [3.8, 4) is 5.75 Å². The van der Waals surface area contributed by atoms with Gasteiger partial charge in [0.2, 0.25) is 17.1 Å². The number of nitrogens with zero attached hydrogens (tertiary/aromatic N) is 3. The molecule has 2 aromatic rings. The molecule has 1 N–H and O–H groups in total. The minimum absolute atomic E-state index is 0.0130. The van der Waals surface area contributed by atoms with Gasteiger partial charge in [-0.15, -0.1) is 0 Å². The summed E-state index contributed by atoms with van der Waals surface area (Å²) in [5.74, 6) is -3.44. The van der Waals surface area contributed by atoms with Gasteiger partial charge in [0.25, 0.3) is 11.8 Å². The summed E-state index contributed by atoms with van der Waals surface area (Å²) in [7, 11) is 1.47. The molecule has 2 amide bonds. The van der Waals surface area contributed by atoms with E-state index in [-0.39, 0.29) is 43.4 Å². The molecule has 0 radical (unpaired) electrons. The molecule has 5 rings (SSSR count). The highest BCUT2D eigenvalue weighted by molar-refractivity contribution is 6.00. The van der Waals surface area contributed by atoms with Crippen molar-refractivity contribution in [2.24, 2.45) is 5.16 Å². The number of unbranched alkanes of at least 4 members (excludes halogenated alkanes) is 9. The molecule has 278 valence electrons. The lowest BCUT2D eigenvalue weighted by atomic mass is 9.85. The molecule has 1 saturated heterocycles. The van der Waals surface area contributed by atoms with Crippen LogP contribution in [0.3, 0.4) is 0 Å². The number of hydrogen-bond donors (Lipinski definition) is 1. The average Bonchev–Trinajstić information content (AvgIpc) is 3.49. The Labute approximate surface area is 296 Å². The standard InChI is InChI=1S/C37H48F2N4O8/c1-4-5-6-7-8-9-10-11-12-13-18-49-36(47)50-33-31-35(46)42-23-29(37(17-16-24(42)2)20-30(48-3)41-51-37)43(31)22-27(32(33)44)34(45)40-21-25-14-15-26(38)19-28(25)39/h14-15,19,22,24,29H,4-13,16-18,20-21,23H2,1-3H3,(H,40,45)/t24-,29+,37-/m0/s1. The molecule has 12 nitrogen and oxygen atoms in total. The first-order valence-electron chi connectivity index (χ1n) is 18.0. The Morgan fingerprint density at radius 2 is 1.76 bits per heavy atom. The van der Waals surface area contributed by atoms with E-state index in [1.165, 1.54) is 62.5 Å². The topological polar surface area (TPSA) is 138 Å². The highest BCUT2D eigenvalue weighted by Crippen LogP contribution is 2.46. The molecular weight excluding hydrogens is 666 g/mol. The lowest BCUT2D eigenvalue weighted by molar-refractivity contribution is -0.0655. The summed E-state index contributed by atoms with van der Waals surface area (Å²) < 4.78 is 45.5. The number of pyridine rings is 1. The van der Waals surface area contributed by atoms with Crippen molar-refractivity contribution in [1.82, 2.24) is 14.8 Å². The SMILES string of the molecule is CCCCCCCCCCCCOC(=O)Oc1c2n(cc(C(=O)NCc3ccc(F)cc3F)c1=O)[C@@H]1CN(C2=O)[C@@H](C)CC[C@]12CC(OC)=NO2. The second-order valence-electron chi connectivity index (χ2n) is 13.6. The van der Waals surface area contributed by atoms with E-state index < -0.39 is 58.0 Å². The summed E-state index contributed by atoms with van der Waals surface area (Å²) in [6.45, 7) is 3.92. The number of oxime groups is 1. The smallest absolute Gasteiger partial charge is 0.482 e. The number of halogens is 2. The van der Waals surface area contributed by atoms with Crippen LogP contribution in [0.4, 0.5) is 13.6 Å². The Morgan fingerprint density at radius 3 is 2.43 bits per heavy atom. The van der Waals surface area contributed by atoms with Gasteiger partial charge in [-0.25, -0.2) is 13.6 Å². The van der Waals surface area contributed by atoms with Crippen LogP contribution in [0, 0.1) is 11.6 Å². The van der Waals surface area contributed by atoms with E-state index in [0.717, 1.165) is 25.3 Å². The van der Waals surface area contributed by atoms with E-state index in [9.17, 15) is 28.0 Å². The number of aromatic nitrogens is 1.